The molecule has 3 aromatic rings. The molecule has 2 aliphatic heterocycles. The lowest BCUT2D eigenvalue weighted by Crippen LogP contribution is -2.48. The van der Waals surface area contributed by atoms with Gasteiger partial charge in [0.2, 0.25) is 5.91 Å². The van der Waals surface area contributed by atoms with Crippen LogP contribution in [0.15, 0.2) is 72.8 Å². The maximum absolute atomic E-state index is 13.1. The fourth-order valence-corrected chi connectivity index (χ4v) is 6.24. The van der Waals surface area contributed by atoms with Crippen LogP contribution in [0.4, 0.5) is 0 Å². The van der Waals surface area contributed by atoms with Crippen LogP contribution in [0.3, 0.4) is 0 Å². The van der Waals surface area contributed by atoms with Crippen LogP contribution >= 0.6 is 0 Å². The van der Waals surface area contributed by atoms with Gasteiger partial charge in [0.05, 0.1) is 18.8 Å². The number of nitrogens with zero attached hydrogens (tertiary/aromatic N) is 1. The molecule has 2 N–H and O–H groups in total. The summed E-state index contributed by atoms with van der Waals surface area (Å²) in [5.41, 5.74) is 5.35. The number of carbonyl (C=O) groups excluding carboxylic acids is 2. The molecule has 5 unspecified atom stereocenters. The molecular formula is C37H46N2O6. The van der Waals surface area contributed by atoms with E-state index in [1.807, 2.05) is 75.4 Å². The first-order valence-electron chi connectivity index (χ1n) is 15.9. The summed E-state index contributed by atoms with van der Waals surface area (Å²) >= 11 is 0. The molecular weight excluding hydrogens is 568 g/mol. The summed E-state index contributed by atoms with van der Waals surface area (Å²) in [5, 5.41) is 12.5. The zero-order valence-electron chi connectivity index (χ0n) is 27.0. The lowest BCUT2D eigenvalue weighted by Gasteiger charge is -2.43. The van der Waals surface area contributed by atoms with Crippen LogP contribution in [-0.4, -0.2) is 52.7 Å². The molecule has 0 spiro atoms. The first-order chi connectivity index (χ1) is 21.5. The number of carbonyl (C=O) groups is 2. The SMILES string of the molecule is CC(=O)NCc1ccccc1-c1ccc(C2OC(CN3CCCC3C(=O)OC(C)(C)C)C(C)C(c3ccc(CO)cc3)O2)cc1. The monoisotopic (exact) mass is 614 g/mol. The van der Waals surface area contributed by atoms with Gasteiger partial charge in [-0.05, 0) is 68.0 Å². The highest BCUT2D eigenvalue weighted by atomic mass is 16.7. The Hall–Kier alpha value is -3.56. The number of hydrogen-bond donors (Lipinski definition) is 2. The molecule has 0 aliphatic carbocycles. The fourth-order valence-electron chi connectivity index (χ4n) is 6.24. The number of hydrogen-bond acceptors (Lipinski definition) is 7. The smallest absolute Gasteiger partial charge is 0.323 e. The maximum atomic E-state index is 13.1. The van der Waals surface area contributed by atoms with Crippen molar-refractivity contribution in [2.45, 2.75) is 90.8 Å². The summed E-state index contributed by atoms with van der Waals surface area (Å²) < 4.78 is 19.1. The van der Waals surface area contributed by atoms with Gasteiger partial charge in [0.1, 0.15) is 11.6 Å². The van der Waals surface area contributed by atoms with E-state index in [2.05, 4.69) is 35.3 Å². The number of aliphatic hydroxyl groups is 1. The van der Waals surface area contributed by atoms with Gasteiger partial charge in [-0.25, -0.2) is 0 Å². The average molecular weight is 615 g/mol. The Morgan fingerprint density at radius 1 is 0.978 bits per heavy atom. The predicted molar refractivity (Wildman–Crippen MR) is 173 cm³/mol. The maximum Gasteiger partial charge on any atom is 0.323 e. The second-order valence-corrected chi connectivity index (χ2v) is 13.2. The van der Waals surface area contributed by atoms with Gasteiger partial charge >= 0.3 is 5.97 Å². The van der Waals surface area contributed by atoms with Crippen LogP contribution in [0, 0.1) is 5.92 Å². The summed E-state index contributed by atoms with van der Waals surface area (Å²) in [5.74, 6) is -0.245. The molecule has 8 heteroatoms. The molecule has 0 saturated carbocycles. The molecule has 0 aromatic heterocycles. The molecule has 2 saturated heterocycles. The zero-order chi connectivity index (χ0) is 32.1. The average Bonchev–Trinajstić information content (AvgIpc) is 3.49. The number of likely N-dealkylation sites (tertiary alicyclic amines) is 1. The Bertz CT molecular complexity index is 1450. The van der Waals surface area contributed by atoms with Crippen molar-refractivity contribution < 1.29 is 28.9 Å². The summed E-state index contributed by atoms with van der Waals surface area (Å²) in [6, 6.07) is 23.8. The molecule has 3 aromatic carbocycles. The van der Waals surface area contributed by atoms with Crippen molar-refractivity contribution in [2.24, 2.45) is 5.92 Å². The van der Waals surface area contributed by atoms with Gasteiger partial charge in [-0.1, -0.05) is 79.7 Å². The largest absolute Gasteiger partial charge is 0.459 e. The molecule has 45 heavy (non-hydrogen) atoms. The topological polar surface area (TPSA) is 97.3 Å². The minimum absolute atomic E-state index is 0.000962. The van der Waals surface area contributed by atoms with Gasteiger partial charge in [-0.3, -0.25) is 14.5 Å². The number of esters is 1. The Kier molecular flexibility index (Phi) is 10.4. The second kappa shape index (κ2) is 14.3. The Morgan fingerprint density at radius 3 is 2.33 bits per heavy atom. The van der Waals surface area contributed by atoms with Crippen molar-refractivity contribution in [1.82, 2.24) is 10.2 Å². The van der Waals surface area contributed by atoms with E-state index in [0.29, 0.717) is 13.1 Å². The van der Waals surface area contributed by atoms with Crippen LogP contribution in [0.2, 0.25) is 0 Å². The first kappa shape index (κ1) is 32.8. The van der Waals surface area contributed by atoms with Gasteiger partial charge in [0.25, 0.3) is 0 Å². The van der Waals surface area contributed by atoms with E-state index >= 15 is 0 Å². The van der Waals surface area contributed by atoms with Crippen molar-refractivity contribution in [3.8, 4) is 11.1 Å². The summed E-state index contributed by atoms with van der Waals surface area (Å²) in [4.78, 5) is 26.8. The van der Waals surface area contributed by atoms with E-state index in [-0.39, 0.29) is 42.7 Å². The van der Waals surface area contributed by atoms with Gasteiger partial charge in [-0.2, -0.15) is 0 Å². The highest BCUT2D eigenvalue weighted by Crippen LogP contribution is 2.42. The quantitative estimate of drug-likeness (QED) is 0.282. The number of aliphatic hydroxyl groups excluding tert-OH is 1. The zero-order valence-corrected chi connectivity index (χ0v) is 27.0. The molecule has 2 aliphatic rings. The molecule has 1 amide bonds. The lowest BCUT2D eigenvalue weighted by atomic mass is 9.89. The van der Waals surface area contributed by atoms with Crippen molar-refractivity contribution >= 4 is 11.9 Å². The van der Waals surface area contributed by atoms with Crippen LogP contribution in [-0.2, 0) is 37.0 Å². The second-order valence-electron chi connectivity index (χ2n) is 13.2. The minimum atomic E-state index is -0.611. The van der Waals surface area contributed by atoms with Crippen LogP contribution < -0.4 is 5.32 Å². The number of rotatable bonds is 9. The van der Waals surface area contributed by atoms with Gasteiger partial charge < -0.3 is 24.6 Å². The highest BCUT2D eigenvalue weighted by molar-refractivity contribution is 5.76. The summed E-state index contributed by atoms with van der Waals surface area (Å²) in [6.07, 6.45) is 0.642. The molecule has 2 heterocycles. The molecule has 240 valence electrons. The lowest BCUT2D eigenvalue weighted by molar-refractivity contribution is -0.276. The van der Waals surface area contributed by atoms with E-state index in [0.717, 1.165) is 52.8 Å². The third kappa shape index (κ3) is 8.19. The normalized spacial score (nSPS) is 23.9. The molecule has 8 nitrogen and oxygen atoms in total. The third-order valence-electron chi connectivity index (χ3n) is 8.62. The van der Waals surface area contributed by atoms with Crippen LogP contribution in [0.5, 0.6) is 0 Å². The Labute approximate surface area is 266 Å². The number of ether oxygens (including phenoxy) is 3. The van der Waals surface area contributed by atoms with Gasteiger partial charge in [-0.15, -0.1) is 0 Å². The number of amides is 1. The van der Waals surface area contributed by atoms with Crippen molar-refractivity contribution in [1.29, 1.82) is 0 Å². The Balaban J connectivity index is 1.40. The van der Waals surface area contributed by atoms with Crippen molar-refractivity contribution in [2.75, 3.05) is 13.1 Å². The van der Waals surface area contributed by atoms with Gasteiger partial charge in [0, 0.05) is 31.5 Å². The minimum Gasteiger partial charge on any atom is -0.459 e. The van der Waals surface area contributed by atoms with Gasteiger partial charge in [0.15, 0.2) is 6.29 Å². The molecule has 0 bridgehead atoms. The predicted octanol–water partition coefficient (Wildman–Crippen LogP) is 6.08. The van der Waals surface area contributed by atoms with E-state index in [1.54, 1.807) is 0 Å². The number of nitrogens with one attached hydrogen (secondary N) is 1. The molecule has 5 rings (SSSR count). The molecule has 0 radical (unpaired) electrons. The Morgan fingerprint density at radius 2 is 1.67 bits per heavy atom. The third-order valence-corrected chi connectivity index (χ3v) is 8.62. The van der Waals surface area contributed by atoms with Crippen molar-refractivity contribution in [3.63, 3.8) is 0 Å². The number of benzene rings is 3. The summed E-state index contributed by atoms with van der Waals surface area (Å²) in [7, 11) is 0. The fraction of sp³-hybridized carbons (Fsp3) is 0.459. The van der Waals surface area contributed by atoms with Crippen LogP contribution in [0.25, 0.3) is 11.1 Å². The van der Waals surface area contributed by atoms with E-state index < -0.39 is 11.9 Å². The standard InChI is InChI=1S/C37H46N2O6/c1-24-33(22-39-20-8-11-32(39)35(42)45-37(3,4)5)43-36(44-34(24)28-14-12-26(23-40)13-15-28)29-18-16-27(17-19-29)31-10-7-6-9-30(31)21-38-25(2)41/h6-7,9-10,12-19,24,32-34,36,40H,8,11,20-23H2,1-5H3,(H,38,41). The van der Waals surface area contributed by atoms with E-state index in [9.17, 15) is 14.7 Å². The van der Waals surface area contributed by atoms with E-state index in [4.69, 9.17) is 14.2 Å². The molecule has 2 fully saturated rings. The summed E-state index contributed by atoms with van der Waals surface area (Å²) in [6.45, 7) is 11.2. The first-order valence-corrected chi connectivity index (χ1v) is 15.9. The van der Waals surface area contributed by atoms with Crippen molar-refractivity contribution in [3.05, 3.63) is 95.1 Å². The highest BCUT2D eigenvalue weighted by Gasteiger charge is 2.42. The molecule has 5 atom stereocenters. The van der Waals surface area contributed by atoms with E-state index in [1.165, 1.54) is 6.92 Å². The van der Waals surface area contributed by atoms with Crippen LogP contribution in [0.1, 0.15) is 82.1 Å².